The molecule has 1 amide bonds. The summed E-state index contributed by atoms with van der Waals surface area (Å²) >= 11 is 0. The topological polar surface area (TPSA) is 91.9 Å². The quantitative estimate of drug-likeness (QED) is 0.302. The first kappa shape index (κ1) is 23.2. The van der Waals surface area contributed by atoms with Crippen molar-refractivity contribution in [3.8, 4) is 5.75 Å². The number of aliphatic hydroxyl groups excluding tert-OH is 1. The molecule has 2 atom stereocenters. The molecule has 3 aromatic rings. The lowest BCUT2D eigenvalue weighted by molar-refractivity contribution is -0.140. The Hall–Kier alpha value is -3.58. The third-order valence-corrected chi connectivity index (χ3v) is 6.69. The van der Waals surface area contributed by atoms with E-state index >= 15 is 0 Å². The summed E-state index contributed by atoms with van der Waals surface area (Å²) in [5.41, 5.74) is 3.07. The number of hydrogen-bond donors (Lipinski definition) is 2. The molecule has 2 fully saturated rings. The van der Waals surface area contributed by atoms with Crippen LogP contribution >= 0.6 is 0 Å². The molecule has 2 aromatic carbocycles. The number of ether oxygens (including phenoxy) is 2. The fraction of sp³-hybridized carbons (Fsp3) is 0.357. The van der Waals surface area contributed by atoms with Crippen LogP contribution in [0.2, 0.25) is 0 Å². The molecule has 182 valence electrons. The number of carbonyl (C=O) groups is 2. The fourth-order valence-electron chi connectivity index (χ4n) is 5.06. The minimum absolute atomic E-state index is 0.0122. The molecular formula is C28H30N2O5. The van der Waals surface area contributed by atoms with Crippen LogP contribution in [0.1, 0.15) is 49.4 Å². The molecule has 2 aliphatic rings. The van der Waals surface area contributed by atoms with Gasteiger partial charge in [-0.2, -0.15) is 0 Å². The van der Waals surface area contributed by atoms with E-state index in [1.54, 1.807) is 23.1 Å². The summed E-state index contributed by atoms with van der Waals surface area (Å²) in [5, 5.41) is 12.3. The number of benzene rings is 2. The Morgan fingerprint density at radius 1 is 1.23 bits per heavy atom. The number of aryl methyl sites for hydroxylation is 1. The Labute approximate surface area is 204 Å². The number of aromatic nitrogens is 1. The Balaban J connectivity index is 1.63. The second-order valence-electron chi connectivity index (χ2n) is 9.52. The number of aromatic amines is 1. The number of para-hydroxylation sites is 1. The zero-order valence-corrected chi connectivity index (χ0v) is 20.2. The number of hydrogen-bond acceptors (Lipinski definition) is 5. The van der Waals surface area contributed by atoms with Crippen molar-refractivity contribution in [2.45, 2.75) is 51.9 Å². The van der Waals surface area contributed by atoms with E-state index in [9.17, 15) is 14.7 Å². The largest absolute Gasteiger partial charge is 0.507 e. The molecule has 2 saturated heterocycles. The highest BCUT2D eigenvalue weighted by molar-refractivity contribution is 6.46. The average molecular weight is 475 g/mol. The van der Waals surface area contributed by atoms with Gasteiger partial charge in [0.15, 0.2) is 0 Å². The number of fused-ring (bicyclic) bond motifs is 1. The van der Waals surface area contributed by atoms with Crippen molar-refractivity contribution in [2.24, 2.45) is 0 Å². The van der Waals surface area contributed by atoms with Crippen molar-refractivity contribution >= 4 is 28.4 Å². The average Bonchev–Trinajstić information content (AvgIpc) is 3.55. The van der Waals surface area contributed by atoms with E-state index in [4.69, 9.17) is 9.47 Å². The van der Waals surface area contributed by atoms with Crippen LogP contribution in [0.15, 0.2) is 54.2 Å². The van der Waals surface area contributed by atoms with Gasteiger partial charge in [0, 0.05) is 41.4 Å². The highest BCUT2D eigenvalue weighted by atomic mass is 16.5. The van der Waals surface area contributed by atoms with Crippen LogP contribution in [0.25, 0.3) is 16.7 Å². The second-order valence-corrected chi connectivity index (χ2v) is 9.52. The summed E-state index contributed by atoms with van der Waals surface area (Å²) in [6, 6.07) is 12.3. The maximum atomic E-state index is 13.4. The third kappa shape index (κ3) is 4.21. The van der Waals surface area contributed by atoms with Gasteiger partial charge < -0.3 is 24.5 Å². The number of H-pyrrole nitrogens is 1. The SMILES string of the molecule is Cc1cc(/C(O)=C2\C(=O)C(=O)N(CC3CCCO3)C2c2c[nH]c3ccccc23)ccc1OC(C)C. The number of amides is 1. The molecule has 0 radical (unpaired) electrons. The lowest BCUT2D eigenvalue weighted by Gasteiger charge is -2.27. The van der Waals surface area contributed by atoms with Crippen LogP contribution < -0.4 is 4.74 Å². The van der Waals surface area contributed by atoms with Crippen LogP contribution in [0.5, 0.6) is 5.75 Å². The van der Waals surface area contributed by atoms with E-state index in [1.807, 2.05) is 51.2 Å². The lowest BCUT2D eigenvalue weighted by Crippen LogP contribution is -2.36. The third-order valence-electron chi connectivity index (χ3n) is 6.69. The Morgan fingerprint density at radius 3 is 2.74 bits per heavy atom. The van der Waals surface area contributed by atoms with Crippen LogP contribution in [0.3, 0.4) is 0 Å². The number of ketones is 1. The molecule has 5 rings (SSSR count). The normalized spacial score (nSPS) is 22.0. The van der Waals surface area contributed by atoms with E-state index in [1.165, 1.54) is 0 Å². The molecule has 0 aliphatic carbocycles. The minimum Gasteiger partial charge on any atom is -0.507 e. The maximum absolute atomic E-state index is 13.4. The van der Waals surface area contributed by atoms with Crippen molar-refractivity contribution in [2.75, 3.05) is 13.2 Å². The zero-order chi connectivity index (χ0) is 24.7. The minimum atomic E-state index is -0.720. The zero-order valence-electron chi connectivity index (χ0n) is 20.2. The van der Waals surface area contributed by atoms with E-state index in [0.29, 0.717) is 24.5 Å². The number of nitrogens with one attached hydrogen (secondary N) is 1. The number of likely N-dealkylation sites (tertiary alicyclic amines) is 1. The van der Waals surface area contributed by atoms with E-state index < -0.39 is 17.7 Å². The molecule has 3 heterocycles. The molecule has 0 bridgehead atoms. The Kier molecular flexibility index (Phi) is 6.11. The van der Waals surface area contributed by atoms with Crippen molar-refractivity contribution in [1.82, 2.24) is 9.88 Å². The molecule has 0 saturated carbocycles. The van der Waals surface area contributed by atoms with Gasteiger partial charge in [-0.15, -0.1) is 0 Å². The van der Waals surface area contributed by atoms with Crippen molar-refractivity contribution in [3.05, 3.63) is 70.9 Å². The molecular weight excluding hydrogens is 444 g/mol. The summed E-state index contributed by atoms with van der Waals surface area (Å²) in [6.45, 7) is 6.73. The van der Waals surface area contributed by atoms with E-state index in [2.05, 4.69) is 4.98 Å². The molecule has 7 nitrogen and oxygen atoms in total. The maximum Gasteiger partial charge on any atom is 0.295 e. The van der Waals surface area contributed by atoms with Gasteiger partial charge in [-0.05, 0) is 63.4 Å². The monoisotopic (exact) mass is 474 g/mol. The van der Waals surface area contributed by atoms with Gasteiger partial charge >= 0.3 is 0 Å². The number of Topliss-reactive ketones (excluding diaryl/α,β-unsaturated/α-hetero) is 1. The summed E-state index contributed by atoms with van der Waals surface area (Å²) < 4.78 is 11.6. The smallest absolute Gasteiger partial charge is 0.295 e. The first-order chi connectivity index (χ1) is 16.8. The summed E-state index contributed by atoms with van der Waals surface area (Å²) in [7, 11) is 0. The van der Waals surface area contributed by atoms with E-state index in [-0.39, 0.29) is 23.5 Å². The van der Waals surface area contributed by atoms with Gasteiger partial charge in [0.05, 0.1) is 23.8 Å². The predicted octanol–water partition coefficient (Wildman–Crippen LogP) is 4.86. The Morgan fingerprint density at radius 2 is 2.03 bits per heavy atom. The van der Waals surface area contributed by atoms with Gasteiger partial charge in [-0.1, -0.05) is 18.2 Å². The fourth-order valence-corrected chi connectivity index (χ4v) is 5.06. The van der Waals surface area contributed by atoms with Gasteiger partial charge in [0.25, 0.3) is 11.7 Å². The van der Waals surface area contributed by atoms with Gasteiger partial charge in [-0.3, -0.25) is 9.59 Å². The molecule has 2 aliphatic heterocycles. The van der Waals surface area contributed by atoms with Crippen LogP contribution in [0, 0.1) is 6.92 Å². The summed E-state index contributed by atoms with van der Waals surface area (Å²) in [4.78, 5) is 31.4. The highest BCUT2D eigenvalue weighted by Crippen LogP contribution is 2.42. The Bertz CT molecular complexity index is 1320. The van der Waals surface area contributed by atoms with Crippen LogP contribution in [0.4, 0.5) is 0 Å². The lowest BCUT2D eigenvalue weighted by atomic mass is 9.94. The van der Waals surface area contributed by atoms with Gasteiger partial charge in [0.2, 0.25) is 0 Å². The van der Waals surface area contributed by atoms with Crippen molar-refractivity contribution in [1.29, 1.82) is 0 Å². The van der Waals surface area contributed by atoms with Crippen LogP contribution in [-0.2, 0) is 14.3 Å². The number of carbonyl (C=O) groups excluding carboxylic acids is 2. The van der Waals surface area contributed by atoms with Gasteiger partial charge in [-0.25, -0.2) is 0 Å². The van der Waals surface area contributed by atoms with Crippen molar-refractivity contribution < 1.29 is 24.2 Å². The molecule has 0 spiro atoms. The molecule has 1 aromatic heterocycles. The first-order valence-corrected chi connectivity index (χ1v) is 12.1. The predicted molar refractivity (Wildman–Crippen MR) is 133 cm³/mol. The molecule has 2 N–H and O–H groups in total. The molecule has 2 unspecified atom stereocenters. The van der Waals surface area contributed by atoms with Crippen molar-refractivity contribution in [3.63, 3.8) is 0 Å². The highest BCUT2D eigenvalue weighted by Gasteiger charge is 2.47. The second kappa shape index (κ2) is 9.23. The number of rotatable bonds is 6. The number of aliphatic hydroxyl groups is 1. The number of nitrogens with zero attached hydrogens (tertiary/aromatic N) is 1. The van der Waals surface area contributed by atoms with Gasteiger partial charge in [0.1, 0.15) is 11.5 Å². The molecule has 7 heteroatoms. The summed E-state index contributed by atoms with van der Waals surface area (Å²) in [5.74, 6) is -0.777. The molecule has 35 heavy (non-hydrogen) atoms. The first-order valence-electron chi connectivity index (χ1n) is 12.1. The van der Waals surface area contributed by atoms with E-state index in [0.717, 1.165) is 34.9 Å². The standard InChI is InChI=1S/C28H30N2O5/c1-16(2)35-23-11-10-18(13-17(23)3)26(31)24-25(21-14-29-22-9-5-4-8-20(21)22)30(28(33)27(24)32)15-19-7-6-12-34-19/h4-5,8-11,13-14,16,19,25,29,31H,6-7,12,15H2,1-3H3/b26-24+. The summed E-state index contributed by atoms with van der Waals surface area (Å²) in [6.07, 6.45) is 3.46. The van der Waals surface area contributed by atoms with Crippen LogP contribution in [-0.4, -0.2) is 52.0 Å².